The van der Waals surface area contributed by atoms with Gasteiger partial charge in [-0.1, -0.05) is 152 Å². The van der Waals surface area contributed by atoms with Gasteiger partial charge in [0, 0.05) is 0 Å². The average Bonchev–Trinajstić information content (AvgIpc) is 3.10. The summed E-state index contributed by atoms with van der Waals surface area (Å²) in [6.07, 6.45) is 0. The topological polar surface area (TPSA) is 0 Å². The van der Waals surface area contributed by atoms with Crippen molar-refractivity contribution in [3.05, 3.63) is 158 Å². The lowest BCUT2D eigenvalue weighted by Gasteiger charge is -2.19. The molecule has 0 aliphatic rings. The van der Waals surface area contributed by atoms with Gasteiger partial charge in [-0.05, 0) is 104 Å². The summed E-state index contributed by atoms with van der Waals surface area (Å²) in [5.41, 5.74) is 5.08. The molecule has 0 fully saturated rings. The van der Waals surface area contributed by atoms with Gasteiger partial charge in [0.1, 0.15) is 0 Å². The number of fused-ring (bicyclic) bond motifs is 8. The first-order valence-electron chi connectivity index (χ1n) is 15.4. The molecule has 10 aromatic carbocycles. The van der Waals surface area contributed by atoms with Gasteiger partial charge in [0.25, 0.3) is 0 Å². The van der Waals surface area contributed by atoms with E-state index in [2.05, 4.69) is 158 Å². The van der Waals surface area contributed by atoms with E-state index in [0.717, 1.165) is 0 Å². The van der Waals surface area contributed by atoms with E-state index in [1.54, 1.807) is 0 Å². The molecule has 10 aromatic rings. The van der Waals surface area contributed by atoms with Crippen LogP contribution in [0, 0.1) is 0 Å². The molecular weight excluding hydrogens is 528 g/mol. The Balaban J connectivity index is 1.35. The lowest BCUT2D eigenvalue weighted by molar-refractivity contribution is 1.64. The third kappa shape index (κ3) is 3.17. The fraction of sp³-hybridized carbons (Fsp3) is 0. The molecule has 0 saturated heterocycles. The van der Waals surface area contributed by atoms with Gasteiger partial charge < -0.3 is 0 Å². The summed E-state index contributed by atoms with van der Waals surface area (Å²) in [5, 5.41) is 18.3. The van der Waals surface area contributed by atoms with Gasteiger partial charge >= 0.3 is 0 Å². The maximum atomic E-state index is 2.46. The molecular formula is C44H26. The Hall–Kier alpha value is -5.72. The molecule has 0 bridgehead atoms. The highest BCUT2D eigenvalue weighted by molar-refractivity contribution is 6.33. The SMILES string of the molecule is c1ccc(-c2ccc3ccc4cccc5ccc2c3c45)c(-c2cc3c4ccccc4c4ccccc4c3c3ccccc23)c1. The fourth-order valence-electron chi connectivity index (χ4n) is 7.91. The molecule has 0 amide bonds. The summed E-state index contributed by atoms with van der Waals surface area (Å²) in [6.45, 7) is 0. The van der Waals surface area contributed by atoms with Crippen LogP contribution >= 0.6 is 0 Å². The van der Waals surface area contributed by atoms with Crippen molar-refractivity contribution in [1.29, 1.82) is 0 Å². The van der Waals surface area contributed by atoms with E-state index in [0.29, 0.717) is 0 Å². The normalized spacial score (nSPS) is 12.1. The van der Waals surface area contributed by atoms with Gasteiger partial charge in [-0.15, -0.1) is 0 Å². The predicted molar refractivity (Wildman–Crippen MR) is 191 cm³/mol. The molecule has 0 N–H and O–H groups in total. The quantitative estimate of drug-likeness (QED) is 0.186. The summed E-state index contributed by atoms with van der Waals surface area (Å²) >= 11 is 0. The molecule has 10 rings (SSSR count). The predicted octanol–water partition coefficient (Wildman–Crippen LogP) is 12.5. The molecule has 0 nitrogen and oxygen atoms in total. The summed E-state index contributed by atoms with van der Waals surface area (Å²) < 4.78 is 0. The highest BCUT2D eigenvalue weighted by Crippen LogP contribution is 2.46. The monoisotopic (exact) mass is 554 g/mol. The van der Waals surface area contributed by atoms with Crippen molar-refractivity contribution < 1.29 is 0 Å². The lowest BCUT2D eigenvalue weighted by atomic mass is 9.84. The van der Waals surface area contributed by atoms with Gasteiger partial charge in [-0.3, -0.25) is 0 Å². The van der Waals surface area contributed by atoms with Crippen LogP contribution in [0.15, 0.2) is 158 Å². The second kappa shape index (κ2) is 8.89. The summed E-state index contributed by atoms with van der Waals surface area (Å²) in [6, 6.07) is 58.6. The first kappa shape index (κ1) is 23.8. The van der Waals surface area contributed by atoms with E-state index in [1.807, 2.05) is 0 Å². The van der Waals surface area contributed by atoms with E-state index in [-0.39, 0.29) is 0 Å². The molecule has 0 saturated carbocycles. The minimum absolute atomic E-state index is 1.26. The van der Waals surface area contributed by atoms with E-state index in [1.165, 1.54) is 97.7 Å². The second-order valence-electron chi connectivity index (χ2n) is 12.0. The largest absolute Gasteiger partial charge is 0.0616 e. The molecule has 0 spiro atoms. The maximum absolute atomic E-state index is 2.46. The minimum Gasteiger partial charge on any atom is -0.0616 e. The minimum atomic E-state index is 1.26. The third-order valence-corrected chi connectivity index (χ3v) is 9.78. The molecule has 0 aromatic heterocycles. The van der Waals surface area contributed by atoms with Crippen LogP contribution in [0.1, 0.15) is 0 Å². The molecule has 0 unspecified atom stereocenters. The molecule has 0 heteroatoms. The first-order valence-corrected chi connectivity index (χ1v) is 15.4. The lowest BCUT2D eigenvalue weighted by Crippen LogP contribution is -1.92. The van der Waals surface area contributed by atoms with Crippen LogP contribution in [0.25, 0.3) is 97.7 Å². The molecule has 0 aliphatic carbocycles. The van der Waals surface area contributed by atoms with Crippen molar-refractivity contribution in [2.45, 2.75) is 0 Å². The van der Waals surface area contributed by atoms with Gasteiger partial charge in [-0.2, -0.15) is 0 Å². The first-order chi connectivity index (χ1) is 21.8. The van der Waals surface area contributed by atoms with Crippen LogP contribution in [0.4, 0.5) is 0 Å². The average molecular weight is 555 g/mol. The number of hydrogen-bond acceptors (Lipinski definition) is 0. The van der Waals surface area contributed by atoms with Crippen LogP contribution in [-0.4, -0.2) is 0 Å². The van der Waals surface area contributed by atoms with Gasteiger partial charge in [0.2, 0.25) is 0 Å². The van der Waals surface area contributed by atoms with Gasteiger partial charge in [0.15, 0.2) is 0 Å². The maximum Gasteiger partial charge on any atom is -0.00199 e. The zero-order valence-corrected chi connectivity index (χ0v) is 24.0. The van der Waals surface area contributed by atoms with Crippen molar-refractivity contribution in [2.24, 2.45) is 0 Å². The highest BCUT2D eigenvalue weighted by Gasteiger charge is 2.18. The fourth-order valence-corrected chi connectivity index (χ4v) is 7.91. The zero-order valence-electron chi connectivity index (χ0n) is 24.0. The van der Waals surface area contributed by atoms with Crippen LogP contribution in [-0.2, 0) is 0 Å². The van der Waals surface area contributed by atoms with Crippen LogP contribution < -0.4 is 0 Å². The van der Waals surface area contributed by atoms with Crippen LogP contribution in [0.3, 0.4) is 0 Å². The Morgan fingerprint density at radius 1 is 0.205 bits per heavy atom. The van der Waals surface area contributed by atoms with E-state index >= 15 is 0 Å². The van der Waals surface area contributed by atoms with E-state index in [9.17, 15) is 0 Å². The molecule has 202 valence electrons. The van der Waals surface area contributed by atoms with Crippen LogP contribution in [0.2, 0.25) is 0 Å². The van der Waals surface area contributed by atoms with Crippen molar-refractivity contribution in [1.82, 2.24) is 0 Å². The Labute approximate surface area is 254 Å². The number of benzene rings is 10. The molecule has 44 heavy (non-hydrogen) atoms. The van der Waals surface area contributed by atoms with Crippen molar-refractivity contribution in [2.75, 3.05) is 0 Å². The number of hydrogen-bond donors (Lipinski definition) is 0. The standard InChI is InChI=1S/C44H26/c1-3-15-33(31(13-1)36-24-22-29-21-20-27-10-9-11-28-23-25-39(36)43(29)42(27)28)40-26-41-34-16-4-2-12-30(34)32-14-5-7-18-37(32)44(41)38-19-8-6-17-35(38)40/h1-26H. The van der Waals surface area contributed by atoms with E-state index in [4.69, 9.17) is 0 Å². The Morgan fingerprint density at radius 3 is 1.39 bits per heavy atom. The molecule has 0 aliphatic heterocycles. The van der Waals surface area contributed by atoms with E-state index < -0.39 is 0 Å². The number of rotatable bonds is 2. The second-order valence-corrected chi connectivity index (χ2v) is 12.0. The van der Waals surface area contributed by atoms with Crippen molar-refractivity contribution >= 4 is 75.4 Å². The van der Waals surface area contributed by atoms with Crippen molar-refractivity contribution in [3.63, 3.8) is 0 Å². The third-order valence-electron chi connectivity index (χ3n) is 9.78. The van der Waals surface area contributed by atoms with Crippen LogP contribution in [0.5, 0.6) is 0 Å². The Bertz CT molecular complexity index is 2750. The van der Waals surface area contributed by atoms with Gasteiger partial charge in [-0.25, -0.2) is 0 Å². The molecule has 0 atom stereocenters. The summed E-state index contributed by atoms with van der Waals surface area (Å²) in [5.74, 6) is 0. The Kier molecular flexibility index (Phi) is 4.81. The van der Waals surface area contributed by atoms with Crippen molar-refractivity contribution in [3.8, 4) is 22.3 Å². The zero-order chi connectivity index (χ0) is 28.8. The highest BCUT2D eigenvalue weighted by atomic mass is 14.2. The van der Waals surface area contributed by atoms with Gasteiger partial charge in [0.05, 0.1) is 0 Å². The summed E-state index contributed by atoms with van der Waals surface area (Å²) in [7, 11) is 0. The summed E-state index contributed by atoms with van der Waals surface area (Å²) in [4.78, 5) is 0. The smallest absolute Gasteiger partial charge is 0.00199 e. The molecule has 0 radical (unpaired) electrons. The molecule has 0 heterocycles. The Morgan fingerprint density at radius 2 is 0.682 bits per heavy atom.